The largest absolute Gasteiger partial charge is 0.494 e. The molecule has 1 amide bonds. The van der Waals surface area contributed by atoms with E-state index in [1.807, 2.05) is 55.5 Å². The molecule has 0 bridgehead atoms. The molecule has 2 aromatic heterocycles. The number of amides is 1. The molecule has 61 heavy (non-hydrogen) atoms. The van der Waals surface area contributed by atoms with Crippen LogP contribution in [0.2, 0.25) is 5.02 Å². The molecule has 1 fully saturated rings. The van der Waals surface area contributed by atoms with E-state index in [9.17, 15) is 14.0 Å². The molecule has 0 saturated carbocycles. The van der Waals surface area contributed by atoms with Crippen LogP contribution in [0.5, 0.6) is 5.75 Å². The molecule has 1 aliphatic heterocycles. The Kier molecular flexibility index (Phi) is 13.0. The van der Waals surface area contributed by atoms with E-state index in [4.69, 9.17) is 16.3 Å². The summed E-state index contributed by atoms with van der Waals surface area (Å²) in [7, 11) is 0. The number of halogens is 3. The number of carbonyl (C=O) groups excluding carboxylic acids is 1. The van der Waals surface area contributed by atoms with E-state index in [1.165, 1.54) is 12.1 Å². The van der Waals surface area contributed by atoms with Crippen molar-refractivity contribution in [3.63, 3.8) is 0 Å². The summed E-state index contributed by atoms with van der Waals surface area (Å²) in [6, 6.07) is 30.8. The van der Waals surface area contributed by atoms with Crippen LogP contribution in [-0.2, 0) is 6.42 Å². The van der Waals surface area contributed by atoms with Crippen molar-refractivity contribution >= 4 is 50.3 Å². The molecule has 0 aliphatic carbocycles. The summed E-state index contributed by atoms with van der Waals surface area (Å²) in [6.07, 6.45) is 6.82. The standard InChI is InChI=1S/C49H47ClF2N6O3/c1-2-38(39-18-15-36(50)30-44(39)52)47(34-14-20-45-35(29-34)31-53-54-45)33-12-16-37(17-13-33)61-26-8-4-3-7-21-57-22-24-58(25-23-57)49(60)42-27-32(11-19-43(42)51)28-46-40-9-5-6-10-41(40)48(59)56-55-46/h5-6,9-20,27,29-31H,2-4,7-8,21-26,28H2,1H3,(H,53,54)(H,56,59). The first-order chi connectivity index (χ1) is 29.7. The van der Waals surface area contributed by atoms with Gasteiger partial charge in [-0.05, 0) is 108 Å². The molecule has 7 aromatic rings. The van der Waals surface area contributed by atoms with Crippen molar-refractivity contribution in [2.24, 2.45) is 0 Å². The Morgan fingerprint density at radius 3 is 2.34 bits per heavy atom. The average Bonchev–Trinajstić information content (AvgIpc) is 3.76. The summed E-state index contributed by atoms with van der Waals surface area (Å²) in [5.74, 6) is -0.430. The number of unbranched alkanes of at least 4 members (excludes halogenated alkanes) is 3. The highest BCUT2D eigenvalue weighted by atomic mass is 35.5. The number of nitrogens with one attached hydrogen (secondary N) is 2. The van der Waals surface area contributed by atoms with E-state index in [2.05, 4.69) is 31.4 Å². The number of allylic oxidation sites excluding steroid dienone is 1. The molecule has 3 heterocycles. The second kappa shape index (κ2) is 19.0. The quantitative estimate of drug-likeness (QED) is 0.0787. The number of piperazine rings is 1. The van der Waals surface area contributed by atoms with Gasteiger partial charge in [-0.25, -0.2) is 13.9 Å². The lowest BCUT2D eigenvalue weighted by Crippen LogP contribution is -2.49. The van der Waals surface area contributed by atoms with Crippen LogP contribution < -0.4 is 10.3 Å². The summed E-state index contributed by atoms with van der Waals surface area (Å²) in [5, 5.41) is 16.6. The molecule has 0 unspecified atom stereocenters. The number of hydrogen-bond acceptors (Lipinski definition) is 6. The van der Waals surface area contributed by atoms with Gasteiger partial charge in [-0.15, -0.1) is 0 Å². The minimum absolute atomic E-state index is 0.0551. The maximum absolute atomic E-state index is 15.3. The Labute approximate surface area is 358 Å². The van der Waals surface area contributed by atoms with E-state index >= 15 is 4.39 Å². The molecule has 1 aliphatic rings. The van der Waals surface area contributed by atoms with Crippen LogP contribution in [0.15, 0.2) is 114 Å². The number of ether oxygens (including phenoxy) is 1. The van der Waals surface area contributed by atoms with Crippen molar-refractivity contribution < 1.29 is 18.3 Å². The fourth-order valence-electron chi connectivity index (χ4n) is 8.24. The number of aromatic amines is 2. The fraction of sp³-hybridized carbons (Fsp3) is 0.265. The second-order valence-corrected chi connectivity index (χ2v) is 15.9. The Bertz CT molecular complexity index is 2760. The Balaban J connectivity index is 0.797. The van der Waals surface area contributed by atoms with Gasteiger partial charge in [0.1, 0.15) is 17.4 Å². The number of nitrogens with zero attached hydrogens (tertiary/aromatic N) is 4. The summed E-state index contributed by atoms with van der Waals surface area (Å²) in [6.45, 7) is 6.13. The van der Waals surface area contributed by atoms with Gasteiger partial charge in [0.25, 0.3) is 11.5 Å². The first kappa shape index (κ1) is 41.6. The van der Waals surface area contributed by atoms with Crippen molar-refractivity contribution in [1.82, 2.24) is 30.2 Å². The van der Waals surface area contributed by atoms with Crippen LogP contribution in [0.3, 0.4) is 0 Å². The Hall–Kier alpha value is -6.17. The molecular weight excluding hydrogens is 794 g/mol. The van der Waals surface area contributed by atoms with Crippen LogP contribution in [0, 0.1) is 11.6 Å². The number of rotatable bonds is 15. The van der Waals surface area contributed by atoms with E-state index in [1.54, 1.807) is 47.5 Å². The smallest absolute Gasteiger partial charge is 0.272 e. The zero-order valence-corrected chi connectivity index (χ0v) is 34.8. The first-order valence-corrected chi connectivity index (χ1v) is 21.2. The number of fused-ring (bicyclic) bond motifs is 2. The van der Waals surface area contributed by atoms with Crippen LogP contribution in [0.25, 0.3) is 32.8 Å². The molecule has 0 atom stereocenters. The van der Waals surface area contributed by atoms with Crippen molar-refractivity contribution in [2.45, 2.75) is 45.4 Å². The molecule has 0 radical (unpaired) electrons. The lowest BCUT2D eigenvalue weighted by Gasteiger charge is -2.35. The average molecular weight is 841 g/mol. The number of hydrogen-bond donors (Lipinski definition) is 2. The van der Waals surface area contributed by atoms with Gasteiger partial charge >= 0.3 is 0 Å². The predicted molar refractivity (Wildman–Crippen MR) is 238 cm³/mol. The summed E-state index contributed by atoms with van der Waals surface area (Å²) in [5.41, 5.74) is 6.40. The van der Waals surface area contributed by atoms with Gasteiger partial charge in [0, 0.05) is 54.0 Å². The number of benzene rings is 5. The normalized spacial score (nSPS) is 13.8. The summed E-state index contributed by atoms with van der Waals surface area (Å²) >= 11 is 6.11. The van der Waals surface area contributed by atoms with Gasteiger partial charge in [-0.3, -0.25) is 19.6 Å². The molecule has 9 nitrogen and oxygen atoms in total. The fourth-order valence-corrected chi connectivity index (χ4v) is 8.40. The minimum Gasteiger partial charge on any atom is -0.494 e. The Morgan fingerprint density at radius 2 is 1.56 bits per heavy atom. The minimum atomic E-state index is -0.545. The zero-order chi connectivity index (χ0) is 42.3. The second-order valence-electron chi connectivity index (χ2n) is 15.5. The van der Waals surface area contributed by atoms with Crippen molar-refractivity contribution in [3.05, 3.63) is 170 Å². The summed E-state index contributed by atoms with van der Waals surface area (Å²) in [4.78, 5) is 29.8. The zero-order valence-electron chi connectivity index (χ0n) is 34.0. The maximum atomic E-state index is 15.3. The summed E-state index contributed by atoms with van der Waals surface area (Å²) < 4.78 is 36.4. The third kappa shape index (κ3) is 9.58. The molecule has 12 heteroatoms. The molecule has 5 aromatic carbocycles. The predicted octanol–water partition coefficient (Wildman–Crippen LogP) is 10.1. The molecular formula is C49H47ClF2N6O3. The van der Waals surface area contributed by atoms with Crippen molar-refractivity contribution in [2.75, 3.05) is 39.3 Å². The third-order valence-electron chi connectivity index (χ3n) is 11.5. The van der Waals surface area contributed by atoms with E-state index in [0.717, 1.165) is 95.2 Å². The highest BCUT2D eigenvalue weighted by Crippen LogP contribution is 2.37. The molecule has 1 saturated heterocycles. The van der Waals surface area contributed by atoms with Crippen LogP contribution in [0.1, 0.15) is 77.3 Å². The van der Waals surface area contributed by atoms with E-state index in [-0.39, 0.29) is 22.8 Å². The first-order valence-electron chi connectivity index (χ1n) is 20.9. The third-order valence-corrected chi connectivity index (χ3v) is 11.7. The highest BCUT2D eigenvalue weighted by molar-refractivity contribution is 6.30. The molecule has 8 rings (SSSR count). The topological polar surface area (TPSA) is 107 Å². The van der Waals surface area contributed by atoms with Gasteiger partial charge in [0.15, 0.2) is 0 Å². The van der Waals surface area contributed by atoms with E-state index in [0.29, 0.717) is 54.2 Å². The van der Waals surface area contributed by atoms with Crippen LogP contribution in [0.4, 0.5) is 8.78 Å². The lowest BCUT2D eigenvalue weighted by molar-refractivity contribution is 0.0630. The van der Waals surface area contributed by atoms with Gasteiger partial charge in [-0.2, -0.15) is 10.2 Å². The van der Waals surface area contributed by atoms with Crippen LogP contribution >= 0.6 is 11.6 Å². The van der Waals surface area contributed by atoms with E-state index < -0.39 is 5.82 Å². The molecule has 0 spiro atoms. The number of carbonyl (C=O) groups is 1. The highest BCUT2D eigenvalue weighted by Gasteiger charge is 2.25. The lowest BCUT2D eigenvalue weighted by atomic mass is 9.87. The SMILES string of the molecule is CCC(=C(c1ccc(OCCCCCCN2CCN(C(=O)c3cc(Cc4n[nH]c(=O)c5ccccc45)ccc3F)CC2)cc1)c1ccc2[nH]ncc2c1)c1ccc(Cl)cc1F. The maximum Gasteiger partial charge on any atom is 0.272 e. The molecule has 312 valence electrons. The van der Waals surface area contributed by atoms with Gasteiger partial charge in [0.05, 0.1) is 35.0 Å². The van der Waals surface area contributed by atoms with Gasteiger partial charge in [0.2, 0.25) is 0 Å². The number of aromatic nitrogens is 4. The van der Waals surface area contributed by atoms with Gasteiger partial charge < -0.3 is 9.64 Å². The number of H-pyrrole nitrogens is 2. The van der Waals surface area contributed by atoms with Gasteiger partial charge in [-0.1, -0.05) is 79.9 Å². The Morgan fingerprint density at radius 1 is 0.787 bits per heavy atom. The monoisotopic (exact) mass is 840 g/mol. The van der Waals surface area contributed by atoms with Crippen molar-refractivity contribution in [1.29, 1.82) is 0 Å². The molecule has 2 N–H and O–H groups in total. The van der Waals surface area contributed by atoms with Crippen LogP contribution in [-0.4, -0.2) is 75.4 Å². The van der Waals surface area contributed by atoms with Crippen molar-refractivity contribution in [3.8, 4) is 5.75 Å².